The topological polar surface area (TPSA) is 4.93 Å². The zero-order chi connectivity index (χ0) is 8.53. The van der Waals surface area contributed by atoms with Gasteiger partial charge in [-0.15, -0.1) is 13.2 Å². The van der Waals surface area contributed by atoms with Gasteiger partial charge in [0.25, 0.3) is 0 Å². The van der Waals surface area contributed by atoms with Gasteiger partial charge in [0.05, 0.1) is 0 Å². The second-order valence-corrected chi connectivity index (χ2v) is 1.71. The van der Waals surface area contributed by atoms with Crippen LogP contribution in [0.25, 0.3) is 0 Å². The zero-order valence-electron chi connectivity index (χ0n) is 6.61. The first-order valence-electron chi connectivity index (χ1n) is 3.35. The molecule has 0 N–H and O–H groups in total. The maximum absolute atomic E-state index is 3.56. The second kappa shape index (κ2) is 6.81. The van der Waals surface area contributed by atoms with Crippen molar-refractivity contribution < 1.29 is 0 Å². The fourth-order valence-corrected chi connectivity index (χ4v) is 0.607. The number of rotatable bonds is 2. The van der Waals surface area contributed by atoms with Gasteiger partial charge in [-0.3, -0.25) is 0 Å². The Morgan fingerprint density at radius 1 is 1.18 bits per heavy atom. The van der Waals surface area contributed by atoms with Crippen LogP contribution in [-0.4, -0.2) is 17.5 Å². The van der Waals surface area contributed by atoms with Crippen molar-refractivity contribution in [3.63, 3.8) is 0 Å². The molecule has 1 aromatic heterocycles. The third kappa shape index (κ3) is 4.15. The maximum atomic E-state index is 3.56. The Kier molecular flexibility index (Phi) is 6.00. The summed E-state index contributed by atoms with van der Waals surface area (Å²) in [6.07, 6.45) is 5.69. The Bertz CT molecular complexity index is 211. The monoisotopic (exact) mass is 145 g/mol. The van der Waals surface area contributed by atoms with E-state index in [4.69, 9.17) is 0 Å². The molecule has 1 rings (SSSR count). The summed E-state index contributed by atoms with van der Waals surface area (Å²) in [6, 6.07) is 3.96. The van der Waals surface area contributed by atoms with E-state index in [0.29, 0.717) is 0 Å². The molecule has 0 aliphatic heterocycles. The van der Waals surface area contributed by atoms with Crippen LogP contribution >= 0.6 is 0 Å². The molecule has 56 valence electrons. The number of aromatic nitrogens is 1. The van der Waals surface area contributed by atoms with Crippen molar-refractivity contribution in [2.45, 2.75) is 0 Å². The molecule has 0 amide bonds. The van der Waals surface area contributed by atoms with Crippen LogP contribution in [0, 0.1) is 0 Å². The predicted molar refractivity (Wildman–Crippen MR) is 53.1 cm³/mol. The number of hydrogen-bond acceptors (Lipinski definition) is 0. The van der Waals surface area contributed by atoms with Gasteiger partial charge in [-0.25, -0.2) is 0 Å². The molecule has 11 heavy (non-hydrogen) atoms. The van der Waals surface area contributed by atoms with Crippen molar-refractivity contribution in [1.29, 1.82) is 0 Å². The van der Waals surface area contributed by atoms with Crippen LogP contribution in [0.4, 0.5) is 0 Å². The number of hydrogen-bond donors (Lipinski definition) is 0. The Labute approximate surface area is 68.6 Å². The fourth-order valence-electron chi connectivity index (χ4n) is 0.607. The Hall–Kier alpha value is -1.31. The van der Waals surface area contributed by atoms with Crippen molar-refractivity contribution in [3.8, 4) is 0 Å². The standard InChI is InChI=1S/C7H8BN.C2H4/c1-2-5-8-9-6-3-4-7-9;1-2/h2-7H,1H2;1-2H2. The first-order valence-corrected chi connectivity index (χ1v) is 3.35. The minimum atomic E-state index is 1.75. The quantitative estimate of drug-likeness (QED) is 0.441. The summed E-state index contributed by atoms with van der Waals surface area (Å²) in [5, 5.41) is 0. The van der Waals surface area contributed by atoms with Crippen LogP contribution in [0.15, 0.2) is 50.3 Å². The van der Waals surface area contributed by atoms with Crippen molar-refractivity contribution in [1.82, 2.24) is 4.48 Å². The summed E-state index contributed by atoms with van der Waals surface area (Å²) in [5.74, 6) is 1.89. The van der Waals surface area contributed by atoms with E-state index in [1.165, 1.54) is 0 Å². The molecule has 0 atom stereocenters. The summed E-state index contributed by atoms with van der Waals surface area (Å²) in [6.45, 7) is 9.56. The SMILES string of the molecule is C=C.C=CC=Bn1cccc1. The summed E-state index contributed by atoms with van der Waals surface area (Å²) >= 11 is 0. The molecule has 1 nitrogen and oxygen atoms in total. The molecule has 0 aromatic carbocycles. The molecule has 0 saturated carbocycles. The van der Waals surface area contributed by atoms with Gasteiger partial charge >= 0.3 is 54.7 Å². The van der Waals surface area contributed by atoms with Gasteiger partial charge in [0.2, 0.25) is 0 Å². The van der Waals surface area contributed by atoms with Crippen LogP contribution < -0.4 is 0 Å². The van der Waals surface area contributed by atoms with Gasteiger partial charge in [0.15, 0.2) is 0 Å². The van der Waals surface area contributed by atoms with Gasteiger partial charge in [-0.2, -0.15) is 0 Å². The van der Waals surface area contributed by atoms with E-state index in [1.807, 2.05) is 42.0 Å². The minimum absolute atomic E-state index is 1.75. The molecule has 0 aliphatic rings. The van der Waals surface area contributed by atoms with Crippen LogP contribution in [-0.2, 0) is 0 Å². The molecule has 2 heteroatoms. The average molecular weight is 145 g/mol. The average Bonchev–Trinajstić information content (AvgIpc) is 2.57. The number of nitrogens with zero attached hydrogens (tertiary/aromatic N) is 1. The molecule has 0 radical (unpaired) electrons. The third-order valence-corrected chi connectivity index (χ3v) is 1.02. The molecular formula is C9H12BN. The van der Waals surface area contributed by atoms with Gasteiger partial charge in [0, 0.05) is 0 Å². The van der Waals surface area contributed by atoms with Crippen molar-refractivity contribution in [2.24, 2.45) is 0 Å². The molecule has 1 heterocycles. The van der Waals surface area contributed by atoms with E-state index in [2.05, 4.69) is 19.7 Å². The van der Waals surface area contributed by atoms with E-state index in [-0.39, 0.29) is 0 Å². The zero-order valence-corrected chi connectivity index (χ0v) is 6.61. The van der Waals surface area contributed by atoms with E-state index < -0.39 is 0 Å². The van der Waals surface area contributed by atoms with Gasteiger partial charge in [-0.05, 0) is 0 Å². The van der Waals surface area contributed by atoms with Gasteiger partial charge in [-0.1, -0.05) is 0 Å². The van der Waals surface area contributed by atoms with Crippen LogP contribution in [0.5, 0.6) is 0 Å². The van der Waals surface area contributed by atoms with Crippen LogP contribution in [0.1, 0.15) is 0 Å². The molecule has 0 aliphatic carbocycles. The first kappa shape index (κ1) is 9.69. The molecule has 0 spiro atoms. The molecule has 0 bridgehead atoms. The molecule has 0 saturated heterocycles. The normalized spacial score (nSPS) is 8.00. The van der Waals surface area contributed by atoms with Gasteiger partial charge in [0.1, 0.15) is 0 Å². The molecule has 0 unspecified atom stereocenters. The molecular weight excluding hydrogens is 133 g/mol. The summed E-state index contributed by atoms with van der Waals surface area (Å²) in [4.78, 5) is 0. The molecule has 0 fully saturated rings. The van der Waals surface area contributed by atoms with Crippen molar-refractivity contribution in [2.75, 3.05) is 0 Å². The van der Waals surface area contributed by atoms with Crippen LogP contribution in [0.3, 0.4) is 0 Å². The number of allylic oxidation sites excluding steroid dienone is 1. The van der Waals surface area contributed by atoms with E-state index >= 15 is 0 Å². The third-order valence-electron chi connectivity index (χ3n) is 1.02. The van der Waals surface area contributed by atoms with Crippen LogP contribution in [0.2, 0.25) is 0 Å². The first-order chi connectivity index (χ1) is 5.43. The fraction of sp³-hybridized carbons (Fsp3) is 0. The Morgan fingerprint density at radius 3 is 2.18 bits per heavy atom. The van der Waals surface area contributed by atoms with E-state index in [1.54, 1.807) is 6.08 Å². The Morgan fingerprint density at radius 2 is 1.73 bits per heavy atom. The second-order valence-electron chi connectivity index (χ2n) is 1.71. The van der Waals surface area contributed by atoms with Gasteiger partial charge < -0.3 is 0 Å². The van der Waals surface area contributed by atoms with E-state index in [9.17, 15) is 0 Å². The summed E-state index contributed by atoms with van der Waals surface area (Å²) in [7, 11) is 1.94. The van der Waals surface area contributed by atoms with Crippen molar-refractivity contribution in [3.05, 3.63) is 50.3 Å². The van der Waals surface area contributed by atoms with E-state index in [0.717, 1.165) is 0 Å². The predicted octanol–water partition coefficient (Wildman–Crippen LogP) is 1.75. The molecule has 1 aromatic rings. The summed E-state index contributed by atoms with van der Waals surface area (Å²) in [5.41, 5.74) is 0. The summed E-state index contributed by atoms with van der Waals surface area (Å²) < 4.78 is 1.96. The van der Waals surface area contributed by atoms with Crippen molar-refractivity contribution >= 4 is 13.0 Å². The Balaban J connectivity index is 0.000000461.